The van der Waals surface area contributed by atoms with Crippen molar-refractivity contribution in [3.8, 4) is 11.3 Å². The number of esters is 1. The molecule has 0 aliphatic heterocycles. The monoisotopic (exact) mass is 560 g/mol. The predicted molar refractivity (Wildman–Crippen MR) is 150 cm³/mol. The van der Waals surface area contributed by atoms with Gasteiger partial charge in [0.25, 0.3) is 20.0 Å². The van der Waals surface area contributed by atoms with E-state index in [4.69, 9.17) is 4.74 Å². The quantitative estimate of drug-likeness (QED) is 0.250. The molecule has 0 amide bonds. The molecule has 1 heterocycles. The number of sulfonamides is 1. The van der Waals surface area contributed by atoms with Gasteiger partial charge in [0, 0.05) is 16.6 Å². The summed E-state index contributed by atoms with van der Waals surface area (Å²) in [5.41, 5.74) is 0.964. The largest absolute Gasteiger partial charge is 0.462 e. The molecule has 1 N–H and O–H groups in total. The number of nitrogens with zero attached hydrogens (tertiary/aromatic N) is 1. The zero-order chi connectivity index (χ0) is 27.6. The van der Waals surface area contributed by atoms with Crippen LogP contribution in [0.15, 0.2) is 119 Å². The minimum Gasteiger partial charge on any atom is -0.462 e. The average molecular weight is 561 g/mol. The third kappa shape index (κ3) is 4.91. The van der Waals surface area contributed by atoms with E-state index >= 15 is 0 Å². The van der Waals surface area contributed by atoms with Gasteiger partial charge in [-0.05, 0) is 49.4 Å². The molecule has 4 aromatic carbocycles. The van der Waals surface area contributed by atoms with Gasteiger partial charge in [0.05, 0.1) is 33.2 Å². The molecule has 198 valence electrons. The zero-order valence-electron chi connectivity index (χ0n) is 20.8. The first-order chi connectivity index (χ1) is 18.7. The highest BCUT2D eigenvalue weighted by Gasteiger charge is 2.31. The second-order valence-corrected chi connectivity index (χ2v) is 12.0. The van der Waals surface area contributed by atoms with E-state index in [1.807, 2.05) is 0 Å². The van der Waals surface area contributed by atoms with Crippen LogP contribution in [-0.4, -0.2) is 33.4 Å². The van der Waals surface area contributed by atoms with E-state index in [1.165, 1.54) is 42.5 Å². The Balaban J connectivity index is 1.81. The molecule has 0 atom stereocenters. The summed E-state index contributed by atoms with van der Waals surface area (Å²) in [6, 6.07) is 28.8. The fourth-order valence-corrected chi connectivity index (χ4v) is 6.99. The molecule has 0 saturated carbocycles. The summed E-state index contributed by atoms with van der Waals surface area (Å²) in [5.74, 6) is -0.730. The summed E-state index contributed by atoms with van der Waals surface area (Å²) >= 11 is 0. The molecule has 0 aliphatic rings. The summed E-state index contributed by atoms with van der Waals surface area (Å²) in [6.07, 6.45) is 0. The second kappa shape index (κ2) is 10.4. The highest BCUT2D eigenvalue weighted by molar-refractivity contribution is 7.92. The van der Waals surface area contributed by atoms with Crippen LogP contribution >= 0.6 is 0 Å². The lowest BCUT2D eigenvalue weighted by Gasteiger charge is -2.13. The van der Waals surface area contributed by atoms with Crippen LogP contribution in [0.3, 0.4) is 0 Å². The van der Waals surface area contributed by atoms with E-state index in [0.29, 0.717) is 5.56 Å². The number of aromatic nitrogens is 1. The molecule has 0 aliphatic carbocycles. The molecular weight excluding hydrogens is 536 g/mol. The van der Waals surface area contributed by atoms with E-state index in [9.17, 15) is 21.6 Å². The van der Waals surface area contributed by atoms with E-state index in [0.717, 1.165) is 3.97 Å². The lowest BCUT2D eigenvalue weighted by molar-refractivity contribution is 0.0529. The number of rotatable bonds is 8. The first-order valence-electron chi connectivity index (χ1n) is 12.0. The standard InChI is InChI=1S/C29H24N2O6S2/c1-2-37-29(32)27-25-20-22(30-38(33,34)23-14-8-4-9-15-23)18-19-26(25)31(28(27)21-12-6-3-7-13-21)39(35,36)24-16-10-5-11-17-24/h3-20,30H,2H2,1H3. The molecule has 1 aromatic heterocycles. The van der Waals surface area contributed by atoms with Crippen LogP contribution in [0.5, 0.6) is 0 Å². The van der Waals surface area contributed by atoms with Crippen LogP contribution in [0.1, 0.15) is 17.3 Å². The van der Waals surface area contributed by atoms with E-state index in [1.54, 1.807) is 73.7 Å². The maximum atomic E-state index is 14.0. The van der Waals surface area contributed by atoms with Gasteiger partial charge in [-0.15, -0.1) is 0 Å². The molecule has 0 spiro atoms. The van der Waals surface area contributed by atoms with E-state index in [2.05, 4.69) is 4.72 Å². The fraction of sp³-hybridized carbons (Fsp3) is 0.0690. The van der Waals surface area contributed by atoms with Gasteiger partial charge in [-0.25, -0.2) is 25.6 Å². The SMILES string of the molecule is CCOC(=O)c1c(-c2ccccc2)n(S(=O)(=O)c2ccccc2)c2ccc(NS(=O)(=O)c3ccccc3)cc12. The van der Waals surface area contributed by atoms with Crippen LogP contribution in [0, 0.1) is 0 Å². The molecule has 0 saturated heterocycles. The lowest BCUT2D eigenvalue weighted by atomic mass is 10.1. The zero-order valence-corrected chi connectivity index (χ0v) is 22.4. The first-order valence-corrected chi connectivity index (χ1v) is 15.0. The lowest BCUT2D eigenvalue weighted by Crippen LogP contribution is -2.15. The number of benzene rings is 4. The molecule has 0 bridgehead atoms. The number of carbonyl (C=O) groups is 1. The summed E-state index contributed by atoms with van der Waals surface area (Å²) in [6.45, 7) is 1.71. The van der Waals surface area contributed by atoms with Crippen molar-refractivity contribution in [2.24, 2.45) is 0 Å². The maximum absolute atomic E-state index is 14.0. The van der Waals surface area contributed by atoms with Gasteiger partial charge in [-0.3, -0.25) is 4.72 Å². The molecule has 5 aromatic rings. The Morgan fingerprint density at radius 3 is 1.92 bits per heavy atom. The number of fused-ring (bicyclic) bond motifs is 1. The Labute approximate surface area is 226 Å². The van der Waals surface area contributed by atoms with Crippen molar-refractivity contribution in [3.05, 3.63) is 115 Å². The van der Waals surface area contributed by atoms with Gasteiger partial charge in [0.15, 0.2) is 0 Å². The predicted octanol–water partition coefficient (Wildman–Crippen LogP) is 5.52. The molecular formula is C29H24N2O6S2. The van der Waals surface area contributed by atoms with Gasteiger partial charge in [-0.2, -0.15) is 0 Å². The van der Waals surface area contributed by atoms with Crippen molar-refractivity contribution in [2.75, 3.05) is 11.3 Å². The van der Waals surface area contributed by atoms with Crippen LogP contribution < -0.4 is 4.72 Å². The fourth-order valence-electron chi connectivity index (χ4n) is 4.36. The van der Waals surface area contributed by atoms with Crippen molar-refractivity contribution in [3.63, 3.8) is 0 Å². The number of nitrogens with one attached hydrogen (secondary N) is 1. The van der Waals surface area contributed by atoms with Crippen molar-refractivity contribution in [1.29, 1.82) is 0 Å². The number of anilines is 1. The Morgan fingerprint density at radius 1 is 0.769 bits per heavy atom. The normalized spacial score (nSPS) is 11.8. The number of hydrogen-bond acceptors (Lipinski definition) is 6. The van der Waals surface area contributed by atoms with Crippen LogP contribution in [0.2, 0.25) is 0 Å². The van der Waals surface area contributed by atoms with Gasteiger partial charge in [-0.1, -0.05) is 66.7 Å². The summed E-state index contributed by atoms with van der Waals surface area (Å²) in [7, 11) is -8.14. The van der Waals surface area contributed by atoms with Crippen molar-refractivity contribution >= 4 is 42.6 Å². The first kappa shape index (κ1) is 26.2. The number of hydrogen-bond donors (Lipinski definition) is 1. The molecule has 5 rings (SSSR count). The molecule has 10 heteroatoms. The third-order valence-corrected chi connectivity index (χ3v) is 9.16. The Hall–Kier alpha value is -4.41. The van der Waals surface area contributed by atoms with E-state index < -0.39 is 26.0 Å². The van der Waals surface area contributed by atoms with Crippen LogP contribution in [0.25, 0.3) is 22.2 Å². The second-order valence-electron chi connectivity index (χ2n) is 8.54. The van der Waals surface area contributed by atoms with Gasteiger partial charge in [0.2, 0.25) is 0 Å². The average Bonchev–Trinajstić information content (AvgIpc) is 3.30. The molecule has 0 unspecified atom stereocenters. The van der Waals surface area contributed by atoms with Crippen LogP contribution in [-0.2, 0) is 24.8 Å². The van der Waals surface area contributed by atoms with Gasteiger partial charge < -0.3 is 4.74 Å². The minimum absolute atomic E-state index is 0.0123. The Morgan fingerprint density at radius 2 is 1.33 bits per heavy atom. The summed E-state index contributed by atoms with van der Waals surface area (Å²) in [5, 5.41) is 0.222. The summed E-state index contributed by atoms with van der Waals surface area (Å²) < 4.78 is 63.1. The Bertz CT molecular complexity index is 1870. The maximum Gasteiger partial charge on any atom is 0.341 e. The minimum atomic E-state index is -4.19. The number of ether oxygens (including phenoxy) is 1. The van der Waals surface area contributed by atoms with Crippen molar-refractivity contribution in [2.45, 2.75) is 16.7 Å². The molecule has 0 radical (unpaired) electrons. The van der Waals surface area contributed by atoms with E-state index in [-0.39, 0.29) is 44.2 Å². The smallest absolute Gasteiger partial charge is 0.341 e. The highest BCUT2D eigenvalue weighted by Crippen LogP contribution is 2.38. The highest BCUT2D eigenvalue weighted by atomic mass is 32.2. The van der Waals surface area contributed by atoms with Gasteiger partial charge >= 0.3 is 5.97 Å². The van der Waals surface area contributed by atoms with Crippen molar-refractivity contribution < 1.29 is 26.4 Å². The third-order valence-electron chi connectivity index (χ3n) is 6.04. The Kier molecular flexibility index (Phi) is 6.98. The topological polar surface area (TPSA) is 112 Å². The molecule has 0 fully saturated rings. The molecule has 39 heavy (non-hydrogen) atoms. The number of carbonyl (C=O) groups excluding carboxylic acids is 1. The van der Waals surface area contributed by atoms with Gasteiger partial charge in [0.1, 0.15) is 0 Å². The van der Waals surface area contributed by atoms with Crippen molar-refractivity contribution in [1.82, 2.24) is 3.97 Å². The molecule has 8 nitrogen and oxygen atoms in total. The summed E-state index contributed by atoms with van der Waals surface area (Å²) in [4.78, 5) is 13.5. The van der Waals surface area contributed by atoms with Crippen LogP contribution in [0.4, 0.5) is 5.69 Å².